The first kappa shape index (κ1) is 13.8. The van der Waals surface area contributed by atoms with E-state index in [1.165, 1.54) is 0 Å². The van der Waals surface area contributed by atoms with E-state index in [4.69, 9.17) is 0 Å². The first-order valence-electron chi connectivity index (χ1n) is 8.37. The van der Waals surface area contributed by atoms with Gasteiger partial charge in [-0.15, -0.1) is 0 Å². The average Bonchev–Trinajstić information content (AvgIpc) is 3.26. The van der Waals surface area contributed by atoms with Gasteiger partial charge in [-0.05, 0) is 37.2 Å². The van der Waals surface area contributed by atoms with Crippen LogP contribution in [0.25, 0.3) is 0 Å². The second-order valence-electron chi connectivity index (χ2n) is 6.94. The molecule has 1 aromatic carbocycles. The Balaban J connectivity index is 1.67. The van der Waals surface area contributed by atoms with Crippen molar-refractivity contribution in [1.82, 2.24) is 10.2 Å². The molecule has 3 aliphatic rings. The molecule has 1 saturated heterocycles. The molecule has 0 bridgehead atoms. The number of nitrogens with one attached hydrogen (secondary N) is 1. The van der Waals surface area contributed by atoms with Crippen molar-refractivity contribution < 1.29 is 9.59 Å². The topological polar surface area (TPSA) is 49.4 Å². The summed E-state index contributed by atoms with van der Waals surface area (Å²) in [6, 6.07) is 9.74. The molecule has 1 aromatic rings. The fourth-order valence-corrected chi connectivity index (χ4v) is 4.04. The van der Waals surface area contributed by atoms with Gasteiger partial charge in [-0.3, -0.25) is 9.59 Å². The summed E-state index contributed by atoms with van der Waals surface area (Å²) in [6.07, 6.45) is 5.77. The third-order valence-corrected chi connectivity index (χ3v) is 5.47. The molecule has 1 aliphatic heterocycles. The summed E-state index contributed by atoms with van der Waals surface area (Å²) in [6.45, 7) is 0.552. The largest absolute Gasteiger partial charge is 0.342 e. The lowest BCUT2D eigenvalue weighted by atomic mass is 9.88. The van der Waals surface area contributed by atoms with Crippen molar-refractivity contribution in [2.45, 2.75) is 56.7 Å². The van der Waals surface area contributed by atoms with Gasteiger partial charge in [0.1, 0.15) is 11.6 Å². The fraction of sp³-hybridized carbons (Fsp3) is 0.556. The van der Waals surface area contributed by atoms with Crippen molar-refractivity contribution in [1.29, 1.82) is 0 Å². The normalized spacial score (nSPS) is 27.3. The number of amides is 2. The molecular weight excluding hydrogens is 276 g/mol. The lowest BCUT2D eigenvalue weighted by Crippen LogP contribution is -2.69. The highest BCUT2D eigenvalue weighted by Gasteiger charge is 2.56. The molecule has 1 unspecified atom stereocenters. The van der Waals surface area contributed by atoms with Gasteiger partial charge in [0.25, 0.3) is 0 Å². The number of benzene rings is 1. The van der Waals surface area contributed by atoms with Crippen LogP contribution in [0.4, 0.5) is 0 Å². The molecule has 2 aliphatic carbocycles. The molecule has 22 heavy (non-hydrogen) atoms. The SMILES string of the molecule is O=C1C(C2CC2)NC(=O)C2(CCCC2)N1Cc1ccccc1. The number of carbonyl (C=O) groups is 2. The van der Waals surface area contributed by atoms with E-state index in [2.05, 4.69) is 5.32 Å². The summed E-state index contributed by atoms with van der Waals surface area (Å²) in [5.41, 5.74) is 0.504. The molecule has 1 N–H and O–H groups in total. The molecule has 1 spiro atoms. The highest BCUT2D eigenvalue weighted by Crippen LogP contribution is 2.43. The van der Waals surface area contributed by atoms with E-state index in [-0.39, 0.29) is 17.9 Å². The second-order valence-corrected chi connectivity index (χ2v) is 6.94. The van der Waals surface area contributed by atoms with Crippen molar-refractivity contribution in [3.8, 4) is 0 Å². The van der Waals surface area contributed by atoms with Gasteiger partial charge in [-0.2, -0.15) is 0 Å². The molecule has 2 saturated carbocycles. The van der Waals surface area contributed by atoms with E-state index < -0.39 is 5.54 Å². The van der Waals surface area contributed by atoms with E-state index in [0.29, 0.717) is 12.5 Å². The Morgan fingerprint density at radius 3 is 2.41 bits per heavy atom. The minimum atomic E-state index is -0.599. The summed E-state index contributed by atoms with van der Waals surface area (Å²) in [4.78, 5) is 27.7. The van der Waals surface area contributed by atoms with Crippen LogP contribution in [0.3, 0.4) is 0 Å². The zero-order chi connectivity index (χ0) is 15.2. The van der Waals surface area contributed by atoms with Crippen molar-refractivity contribution in [2.75, 3.05) is 0 Å². The second kappa shape index (κ2) is 5.11. The van der Waals surface area contributed by atoms with Crippen LogP contribution in [0.15, 0.2) is 30.3 Å². The van der Waals surface area contributed by atoms with Gasteiger partial charge in [0.05, 0.1) is 0 Å². The van der Waals surface area contributed by atoms with E-state index >= 15 is 0 Å². The van der Waals surface area contributed by atoms with Gasteiger partial charge >= 0.3 is 0 Å². The van der Waals surface area contributed by atoms with Crippen LogP contribution in [0.5, 0.6) is 0 Å². The Hall–Kier alpha value is -1.84. The maximum Gasteiger partial charge on any atom is 0.246 e. The van der Waals surface area contributed by atoms with Gasteiger partial charge in [-0.1, -0.05) is 43.2 Å². The standard InChI is InChI=1S/C18H22N2O2/c21-16-15(14-8-9-14)19-17(22)18(10-4-5-11-18)20(16)12-13-6-2-1-3-7-13/h1-3,6-7,14-15H,4-5,8-12H2,(H,19,22). The zero-order valence-corrected chi connectivity index (χ0v) is 12.8. The van der Waals surface area contributed by atoms with Gasteiger partial charge < -0.3 is 10.2 Å². The van der Waals surface area contributed by atoms with E-state index in [1.807, 2.05) is 35.2 Å². The first-order valence-corrected chi connectivity index (χ1v) is 8.37. The summed E-state index contributed by atoms with van der Waals surface area (Å²) in [7, 11) is 0. The minimum Gasteiger partial charge on any atom is -0.342 e. The number of piperazine rings is 1. The zero-order valence-electron chi connectivity index (χ0n) is 12.8. The number of nitrogens with zero attached hydrogens (tertiary/aromatic N) is 1. The quantitative estimate of drug-likeness (QED) is 0.930. The van der Waals surface area contributed by atoms with Crippen LogP contribution >= 0.6 is 0 Å². The highest BCUT2D eigenvalue weighted by molar-refractivity contribution is 6.00. The Bertz CT molecular complexity index is 588. The molecule has 3 fully saturated rings. The maximum absolute atomic E-state index is 13.0. The number of hydrogen-bond acceptors (Lipinski definition) is 2. The molecule has 4 nitrogen and oxygen atoms in total. The Morgan fingerprint density at radius 1 is 1.09 bits per heavy atom. The van der Waals surface area contributed by atoms with Crippen molar-refractivity contribution in [3.05, 3.63) is 35.9 Å². The van der Waals surface area contributed by atoms with Crippen LogP contribution < -0.4 is 5.32 Å². The molecule has 1 heterocycles. The predicted octanol–water partition coefficient (Wildman–Crippen LogP) is 2.24. The van der Waals surface area contributed by atoms with Crippen molar-refractivity contribution in [2.24, 2.45) is 5.92 Å². The van der Waals surface area contributed by atoms with E-state index in [9.17, 15) is 9.59 Å². The molecular formula is C18H22N2O2. The van der Waals surface area contributed by atoms with Crippen LogP contribution in [-0.2, 0) is 16.1 Å². The molecule has 116 valence electrons. The predicted molar refractivity (Wildman–Crippen MR) is 82.8 cm³/mol. The molecule has 0 aromatic heterocycles. The Morgan fingerprint density at radius 2 is 1.77 bits per heavy atom. The molecule has 2 amide bonds. The summed E-state index contributed by atoms with van der Waals surface area (Å²) < 4.78 is 0. The van der Waals surface area contributed by atoms with Crippen LogP contribution in [0.2, 0.25) is 0 Å². The lowest BCUT2D eigenvalue weighted by Gasteiger charge is -2.46. The summed E-state index contributed by atoms with van der Waals surface area (Å²) >= 11 is 0. The Kier molecular flexibility index (Phi) is 3.21. The number of carbonyl (C=O) groups excluding carboxylic acids is 2. The van der Waals surface area contributed by atoms with Gasteiger partial charge in [0, 0.05) is 6.54 Å². The highest BCUT2D eigenvalue weighted by atomic mass is 16.2. The van der Waals surface area contributed by atoms with Crippen molar-refractivity contribution in [3.63, 3.8) is 0 Å². The van der Waals surface area contributed by atoms with E-state index in [0.717, 1.165) is 44.1 Å². The van der Waals surface area contributed by atoms with Gasteiger partial charge in [-0.25, -0.2) is 0 Å². The molecule has 0 radical (unpaired) electrons. The van der Waals surface area contributed by atoms with Gasteiger partial charge in [0.2, 0.25) is 11.8 Å². The maximum atomic E-state index is 13.0. The van der Waals surface area contributed by atoms with Crippen LogP contribution in [-0.4, -0.2) is 28.3 Å². The van der Waals surface area contributed by atoms with Crippen LogP contribution in [0.1, 0.15) is 44.1 Å². The monoisotopic (exact) mass is 298 g/mol. The fourth-order valence-electron chi connectivity index (χ4n) is 4.04. The minimum absolute atomic E-state index is 0.0810. The van der Waals surface area contributed by atoms with E-state index in [1.54, 1.807) is 0 Å². The number of hydrogen-bond donors (Lipinski definition) is 1. The first-order chi connectivity index (χ1) is 10.7. The third kappa shape index (κ3) is 2.13. The van der Waals surface area contributed by atoms with Gasteiger partial charge in [0.15, 0.2) is 0 Å². The summed E-state index contributed by atoms with van der Waals surface area (Å²) in [5.74, 6) is 0.568. The summed E-state index contributed by atoms with van der Waals surface area (Å²) in [5, 5.41) is 3.05. The van der Waals surface area contributed by atoms with Crippen LogP contribution in [0, 0.1) is 5.92 Å². The molecule has 4 heteroatoms. The number of rotatable bonds is 3. The third-order valence-electron chi connectivity index (χ3n) is 5.47. The van der Waals surface area contributed by atoms with Crippen molar-refractivity contribution >= 4 is 11.8 Å². The lowest BCUT2D eigenvalue weighted by molar-refractivity contribution is -0.158. The molecule has 4 rings (SSSR count). The Labute approximate surface area is 130 Å². The average molecular weight is 298 g/mol. The smallest absolute Gasteiger partial charge is 0.246 e. The molecule has 1 atom stereocenters.